The predicted molar refractivity (Wildman–Crippen MR) is 287 cm³/mol. The highest BCUT2D eigenvalue weighted by atomic mass is 32.2. The van der Waals surface area contributed by atoms with E-state index in [4.69, 9.17) is 25.2 Å². The molecular weight excluding hydrogens is 931 g/mol. The van der Waals surface area contributed by atoms with E-state index in [1.807, 2.05) is 118 Å². The van der Waals surface area contributed by atoms with Crippen LogP contribution in [0.4, 0.5) is 5.69 Å². The number of hydrogen-bond donors (Lipinski definition) is 6. The second-order valence-corrected chi connectivity index (χ2v) is 18.1. The fourth-order valence-corrected chi connectivity index (χ4v) is 8.34. The van der Waals surface area contributed by atoms with Gasteiger partial charge >= 0.3 is 0 Å². The number of aliphatic hydroxyl groups is 6. The van der Waals surface area contributed by atoms with E-state index in [-0.39, 0.29) is 43.8 Å². The van der Waals surface area contributed by atoms with Crippen LogP contribution in [0, 0.1) is 0 Å². The summed E-state index contributed by atoms with van der Waals surface area (Å²) in [5, 5.41) is 55.1. The highest BCUT2D eigenvalue weighted by Crippen LogP contribution is 2.21. The topological polar surface area (TPSA) is 192 Å². The van der Waals surface area contributed by atoms with E-state index >= 15 is 0 Å². The molecule has 6 rings (SSSR count). The lowest BCUT2D eigenvalue weighted by molar-refractivity contribution is 0.103. The Morgan fingerprint density at radius 3 is 1.18 bits per heavy atom. The predicted octanol–water partition coefficient (Wildman–Crippen LogP) is 6.76. The monoisotopic (exact) mass is 1000 g/mol. The van der Waals surface area contributed by atoms with Crippen molar-refractivity contribution in [2.45, 2.75) is 37.4 Å². The van der Waals surface area contributed by atoms with Gasteiger partial charge < -0.3 is 40.3 Å². The van der Waals surface area contributed by atoms with Gasteiger partial charge in [0.15, 0.2) is 17.3 Å². The normalized spacial score (nSPS) is 11.7. The fraction of sp³-hybridized carbons (Fsp3) is 0.328. The van der Waals surface area contributed by atoms with E-state index in [1.54, 1.807) is 86.3 Å². The van der Waals surface area contributed by atoms with E-state index < -0.39 is 12.2 Å². The SMILES string of the molecule is CC(O)CN(CC(C)O)c1ccc(C(=O)c2ccccc2)cc1.O=C(c1ccccc1)c1ccc(OCCCN(CCO)CCO)cc1.O=C(c1ccccc1)c1ccc(SCCN(CCO)CCO)cc1. The lowest BCUT2D eigenvalue weighted by atomic mass is 10.0. The van der Waals surface area contributed by atoms with Crippen LogP contribution < -0.4 is 9.64 Å². The number of carbonyl (C=O) groups is 3. The van der Waals surface area contributed by atoms with Gasteiger partial charge in [-0.2, -0.15) is 0 Å². The maximum Gasteiger partial charge on any atom is 0.193 e. The van der Waals surface area contributed by atoms with Crippen molar-refractivity contribution in [2.24, 2.45) is 0 Å². The first-order valence-corrected chi connectivity index (χ1v) is 25.3. The Morgan fingerprint density at radius 2 is 0.806 bits per heavy atom. The second kappa shape index (κ2) is 33.6. The molecule has 0 bridgehead atoms. The van der Waals surface area contributed by atoms with Crippen molar-refractivity contribution < 1.29 is 49.8 Å². The van der Waals surface area contributed by atoms with Crippen molar-refractivity contribution in [3.63, 3.8) is 0 Å². The minimum atomic E-state index is -0.501. The smallest absolute Gasteiger partial charge is 0.193 e. The van der Waals surface area contributed by atoms with Crippen LogP contribution in [0.5, 0.6) is 5.75 Å². The Labute approximate surface area is 429 Å². The third-order valence-electron chi connectivity index (χ3n) is 11.0. The Kier molecular flexibility index (Phi) is 27.3. The van der Waals surface area contributed by atoms with Gasteiger partial charge in [0.1, 0.15) is 5.75 Å². The molecule has 0 aliphatic rings. The summed E-state index contributed by atoms with van der Waals surface area (Å²) in [4.78, 5) is 44.1. The largest absolute Gasteiger partial charge is 0.494 e. The van der Waals surface area contributed by atoms with Crippen LogP contribution in [0.2, 0.25) is 0 Å². The van der Waals surface area contributed by atoms with Gasteiger partial charge in [0.2, 0.25) is 0 Å². The van der Waals surface area contributed by atoms with Crippen LogP contribution in [0.15, 0.2) is 169 Å². The minimum Gasteiger partial charge on any atom is -0.494 e. The summed E-state index contributed by atoms with van der Waals surface area (Å²) in [5.74, 6) is 1.60. The van der Waals surface area contributed by atoms with Crippen LogP contribution in [-0.4, -0.2) is 161 Å². The maximum absolute atomic E-state index is 12.4. The minimum absolute atomic E-state index is 0.00389. The first-order chi connectivity index (χ1) is 35.0. The Balaban J connectivity index is 0.000000235. The number of rotatable bonds is 28. The third-order valence-corrected chi connectivity index (χ3v) is 12.0. The van der Waals surface area contributed by atoms with E-state index in [0.717, 1.165) is 41.6 Å². The molecular formula is C58H71N3O10S. The molecule has 72 heavy (non-hydrogen) atoms. The van der Waals surface area contributed by atoms with Crippen molar-refractivity contribution in [3.05, 3.63) is 197 Å². The number of ketones is 3. The number of anilines is 1. The zero-order chi connectivity index (χ0) is 51.9. The van der Waals surface area contributed by atoms with Crippen molar-refractivity contribution in [1.29, 1.82) is 0 Å². The van der Waals surface area contributed by atoms with Gasteiger partial charge in [0.25, 0.3) is 0 Å². The van der Waals surface area contributed by atoms with E-state index in [9.17, 15) is 24.6 Å². The molecule has 6 N–H and O–H groups in total. The van der Waals surface area contributed by atoms with Gasteiger partial charge in [0, 0.05) is 102 Å². The fourth-order valence-electron chi connectivity index (χ4n) is 7.43. The molecule has 0 saturated heterocycles. The summed E-state index contributed by atoms with van der Waals surface area (Å²) in [7, 11) is 0. The van der Waals surface area contributed by atoms with Crippen molar-refractivity contribution in [2.75, 3.05) is 96.0 Å². The number of hydrogen-bond acceptors (Lipinski definition) is 14. The highest BCUT2D eigenvalue weighted by molar-refractivity contribution is 7.99. The number of thioether (sulfide) groups is 1. The number of benzene rings is 6. The van der Waals surface area contributed by atoms with Gasteiger partial charge in [-0.05, 0) is 93.1 Å². The van der Waals surface area contributed by atoms with Crippen molar-refractivity contribution in [1.82, 2.24) is 9.80 Å². The lowest BCUT2D eigenvalue weighted by Crippen LogP contribution is -2.36. The molecule has 384 valence electrons. The standard InChI is InChI=1S/C20H25NO4.C19H23NO3S.C19H23NO3/c22-14-12-21(13-15-23)11-4-16-25-19-9-7-18(8-10-19)20(24)17-5-2-1-3-6-17;21-13-10-20(11-14-22)12-15-24-18-8-6-17(7-9-18)19(23)16-4-2-1-3-5-16;1-14(21)12-20(13-15(2)22)18-10-8-17(9-11-18)19(23)16-6-4-3-5-7-16/h1-3,5-10,22-23H,4,11-16H2;1-9,21-22H,10-15H2;3-11,14-15,21-22H,12-13H2,1-2H3. The lowest BCUT2D eigenvalue weighted by Gasteiger charge is -2.27. The molecule has 0 aliphatic carbocycles. The Morgan fingerprint density at radius 1 is 0.458 bits per heavy atom. The molecule has 2 atom stereocenters. The summed E-state index contributed by atoms with van der Waals surface area (Å²) in [6, 6.07) is 49.6. The van der Waals surface area contributed by atoms with Crippen LogP contribution in [0.25, 0.3) is 0 Å². The molecule has 0 spiro atoms. The molecule has 0 saturated carbocycles. The van der Waals surface area contributed by atoms with E-state index in [0.29, 0.717) is 79.3 Å². The summed E-state index contributed by atoms with van der Waals surface area (Å²) in [6.45, 7) is 8.99. The van der Waals surface area contributed by atoms with Gasteiger partial charge in [-0.25, -0.2) is 0 Å². The van der Waals surface area contributed by atoms with Crippen LogP contribution in [0.3, 0.4) is 0 Å². The zero-order valence-electron chi connectivity index (χ0n) is 41.4. The molecule has 13 nitrogen and oxygen atoms in total. The van der Waals surface area contributed by atoms with Crippen LogP contribution in [0.1, 0.15) is 68.0 Å². The molecule has 6 aromatic carbocycles. The molecule has 6 aromatic rings. The number of ether oxygens (including phenoxy) is 1. The molecule has 14 heteroatoms. The second-order valence-electron chi connectivity index (χ2n) is 16.9. The molecule has 0 amide bonds. The first-order valence-electron chi connectivity index (χ1n) is 24.3. The van der Waals surface area contributed by atoms with E-state index in [1.165, 1.54) is 0 Å². The average molecular weight is 1000 g/mol. The number of aliphatic hydroxyl groups excluding tert-OH is 6. The van der Waals surface area contributed by atoms with Gasteiger partial charge in [-0.3, -0.25) is 24.2 Å². The van der Waals surface area contributed by atoms with Gasteiger partial charge in [-0.15, -0.1) is 11.8 Å². The highest BCUT2D eigenvalue weighted by Gasteiger charge is 2.15. The molecule has 2 unspecified atom stereocenters. The summed E-state index contributed by atoms with van der Waals surface area (Å²) in [6.07, 6.45) is -0.205. The molecule has 0 aromatic heterocycles. The third kappa shape index (κ3) is 21.4. The van der Waals surface area contributed by atoms with Gasteiger partial charge in [-0.1, -0.05) is 91.0 Å². The summed E-state index contributed by atoms with van der Waals surface area (Å²) in [5.41, 5.74) is 4.84. The van der Waals surface area contributed by atoms with Crippen LogP contribution >= 0.6 is 11.8 Å². The maximum atomic E-state index is 12.4. The number of nitrogens with zero attached hydrogens (tertiary/aromatic N) is 3. The molecule has 0 fully saturated rings. The Bertz CT molecular complexity index is 2390. The molecule has 0 aliphatic heterocycles. The van der Waals surface area contributed by atoms with Gasteiger partial charge in [0.05, 0.1) is 45.2 Å². The first kappa shape index (κ1) is 58.5. The molecule has 0 radical (unpaired) electrons. The average Bonchev–Trinajstić information content (AvgIpc) is 3.40. The Hall–Kier alpha value is -6.04. The quantitative estimate of drug-likeness (QED) is 0.0172. The summed E-state index contributed by atoms with van der Waals surface area (Å²) >= 11 is 1.70. The zero-order valence-corrected chi connectivity index (χ0v) is 42.2. The van der Waals surface area contributed by atoms with Crippen molar-refractivity contribution in [3.8, 4) is 5.75 Å². The molecule has 0 heterocycles. The summed E-state index contributed by atoms with van der Waals surface area (Å²) < 4.78 is 5.69. The van der Waals surface area contributed by atoms with Crippen molar-refractivity contribution >= 4 is 34.8 Å². The van der Waals surface area contributed by atoms with E-state index in [2.05, 4.69) is 0 Å². The number of carbonyl (C=O) groups excluding carboxylic acids is 3. The van der Waals surface area contributed by atoms with Crippen LogP contribution in [-0.2, 0) is 0 Å².